The SMILES string of the molecule is CCCCn1c(=O)c(CCC(=O)OC(C)C(=O)Nc2ccc(F)c(Cl)c2)nc2ccccc21. The molecule has 0 saturated carbocycles. The van der Waals surface area contributed by atoms with Gasteiger partial charge in [0.2, 0.25) is 0 Å². The number of para-hydroxylation sites is 2. The summed E-state index contributed by atoms with van der Waals surface area (Å²) >= 11 is 5.70. The lowest BCUT2D eigenvalue weighted by atomic mass is 10.2. The summed E-state index contributed by atoms with van der Waals surface area (Å²) in [6, 6.07) is 11.1. The Labute approximate surface area is 195 Å². The smallest absolute Gasteiger partial charge is 0.306 e. The second-order valence-electron chi connectivity index (χ2n) is 7.61. The van der Waals surface area contributed by atoms with Crippen molar-refractivity contribution in [2.24, 2.45) is 0 Å². The zero-order valence-electron chi connectivity index (χ0n) is 18.4. The van der Waals surface area contributed by atoms with E-state index in [9.17, 15) is 18.8 Å². The number of unbranched alkanes of at least 4 members (excludes halogenated alkanes) is 1. The van der Waals surface area contributed by atoms with Gasteiger partial charge in [-0.05, 0) is 43.7 Å². The minimum atomic E-state index is -1.09. The minimum absolute atomic E-state index is 0.0938. The number of hydrogen-bond acceptors (Lipinski definition) is 5. The maximum absolute atomic E-state index is 13.2. The molecule has 0 bridgehead atoms. The van der Waals surface area contributed by atoms with Crippen molar-refractivity contribution in [1.82, 2.24) is 9.55 Å². The van der Waals surface area contributed by atoms with E-state index in [1.165, 1.54) is 19.1 Å². The number of hydrogen-bond donors (Lipinski definition) is 1. The third-order valence-electron chi connectivity index (χ3n) is 5.09. The molecule has 0 spiro atoms. The Morgan fingerprint density at radius 1 is 1.24 bits per heavy atom. The lowest BCUT2D eigenvalue weighted by Gasteiger charge is -2.14. The monoisotopic (exact) mass is 473 g/mol. The summed E-state index contributed by atoms with van der Waals surface area (Å²) in [5.74, 6) is -1.83. The molecule has 0 fully saturated rings. The van der Waals surface area contributed by atoms with E-state index in [1.54, 1.807) is 4.57 Å². The second kappa shape index (κ2) is 11.0. The van der Waals surface area contributed by atoms with E-state index in [-0.39, 0.29) is 34.8 Å². The number of carbonyl (C=O) groups is 2. The number of rotatable bonds is 9. The van der Waals surface area contributed by atoms with Gasteiger partial charge in [0.05, 0.1) is 22.5 Å². The molecule has 1 atom stereocenters. The number of halogens is 2. The van der Waals surface area contributed by atoms with Gasteiger partial charge in [-0.2, -0.15) is 0 Å². The van der Waals surface area contributed by atoms with Crippen LogP contribution in [0.4, 0.5) is 10.1 Å². The third kappa shape index (κ3) is 6.16. The average Bonchev–Trinajstić information content (AvgIpc) is 2.79. The number of nitrogens with zero attached hydrogens (tertiary/aromatic N) is 2. The predicted octanol–water partition coefficient (Wildman–Crippen LogP) is 4.49. The van der Waals surface area contributed by atoms with Gasteiger partial charge in [-0.3, -0.25) is 14.4 Å². The van der Waals surface area contributed by atoms with Crippen LogP contribution in [0.15, 0.2) is 47.3 Å². The van der Waals surface area contributed by atoms with Gasteiger partial charge in [-0.1, -0.05) is 37.1 Å². The molecule has 1 heterocycles. The fraction of sp³-hybridized carbons (Fsp3) is 0.333. The molecule has 0 aliphatic rings. The number of carbonyl (C=O) groups excluding carboxylic acids is 2. The van der Waals surface area contributed by atoms with Crippen LogP contribution in [0.25, 0.3) is 11.0 Å². The maximum atomic E-state index is 13.2. The van der Waals surface area contributed by atoms with Crippen molar-refractivity contribution >= 4 is 40.2 Å². The van der Waals surface area contributed by atoms with Crippen LogP contribution in [0.2, 0.25) is 5.02 Å². The predicted molar refractivity (Wildman–Crippen MR) is 125 cm³/mol. The maximum Gasteiger partial charge on any atom is 0.306 e. The molecule has 3 rings (SSSR count). The first kappa shape index (κ1) is 24.4. The number of nitrogens with one attached hydrogen (secondary N) is 1. The first-order valence-electron chi connectivity index (χ1n) is 10.7. The summed E-state index contributed by atoms with van der Waals surface area (Å²) in [6.07, 6.45) is 0.688. The van der Waals surface area contributed by atoms with Crippen LogP contribution < -0.4 is 10.9 Å². The zero-order valence-corrected chi connectivity index (χ0v) is 19.2. The van der Waals surface area contributed by atoms with Crippen LogP contribution in [-0.4, -0.2) is 27.5 Å². The molecule has 3 aromatic rings. The third-order valence-corrected chi connectivity index (χ3v) is 5.38. The Balaban J connectivity index is 1.64. The van der Waals surface area contributed by atoms with Gasteiger partial charge in [0, 0.05) is 18.7 Å². The Morgan fingerprint density at radius 3 is 2.73 bits per heavy atom. The van der Waals surface area contributed by atoms with E-state index < -0.39 is 23.8 Å². The van der Waals surface area contributed by atoms with E-state index in [4.69, 9.17) is 16.3 Å². The number of esters is 1. The standard InChI is InChI=1S/C24H25ClFN3O4/c1-3-4-13-29-21-8-6-5-7-19(21)28-20(24(29)32)11-12-22(30)33-15(2)23(31)27-16-9-10-18(26)17(25)14-16/h5-10,14-15H,3-4,11-13H2,1-2H3,(H,27,31). The fourth-order valence-electron chi connectivity index (χ4n) is 3.29. The molecular weight excluding hydrogens is 449 g/mol. The topological polar surface area (TPSA) is 90.3 Å². The molecular formula is C24H25ClFN3O4. The van der Waals surface area contributed by atoms with Crippen molar-refractivity contribution in [1.29, 1.82) is 0 Å². The van der Waals surface area contributed by atoms with Gasteiger partial charge in [-0.15, -0.1) is 0 Å². The molecule has 0 aliphatic carbocycles. The van der Waals surface area contributed by atoms with E-state index >= 15 is 0 Å². The second-order valence-corrected chi connectivity index (χ2v) is 8.01. The molecule has 7 nitrogen and oxygen atoms in total. The highest BCUT2D eigenvalue weighted by Gasteiger charge is 2.19. The minimum Gasteiger partial charge on any atom is -0.453 e. The molecule has 174 valence electrons. The van der Waals surface area contributed by atoms with Crippen molar-refractivity contribution in [3.05, 3.63) is 69.4 Å². The van der Waals surface area contributed by atoms with Gasteiger partial charge in [-0.25, -0.2) is 9.37 Å². The van der Waals surface area contributed by atoms with Gasteiger partial charge in [0.25, 0.3) is 11.5 Å². The molecule has 9 heteroatoms. The summed E-state index contributed by atoms with van der Waals surface area (Å²) in [6.45, 7) is 4.04. The van der Waals surface area contributed by atoms with Crippen LogP contribution in [0.1, 0.15) is 38.8 Å². The van der Waals surface area contributed by atoms with Crippen molar-refractivity contribution in [3.63, 3.8) is 0 Å². The van der Waals surface area contributed by atoms with Crippen LogP contribution in [0, 0.1) is 5.82 Å². The molecule has 0 saturated heterocycles. The molecule has 0 radical (unpaired) electrons. The number of fused-ring (bicyclic) bond motifs is 1. The molecule has 1 N–H and O–H groups in total. The van der Waals surface area contributed by atoms with Crippen LogP contribution in [0.3, 0.4) is 0 Å². The Morgan fingerprint density at radius 2 is 2.00 bits per heavy atom. The van der Waals surface area contributed by atoms with E-state index in [1.807, 2.05) is 31.2 Å². The van der Waals surface area contributed by atoms with Crippen LogP contribution in [-0.2, 0) is 27.3 Å². The summed E-state index contributed by atoms with van der Waals surface area (Å²) in [4.78, 5) is 41.9. The Kier molecular flexibility index (Phi) is 8.16. The van der Waals surface area contributed by atoms with E-state index in [2.05, 4.69) is 10.3 Å². The Hall–Kier alpha value is -3.26. The van der Waals surface area contributed by atoms with Crippen LogP contribution in [0.5, 0.6) is 0 Å². The number of benzene rings is 2. The highest BCUT2D eigenvalue weighted by Crippen LogP contribution is 2.19. The Bertz CT molecular complexity index is 1230. The highest BCUT2D eigenvalue weighted by molar-refractivity contribution is 6.31. The summed E-state index contributed by atoms with van der Waals surface area (Å²) in [7, 11) is 0. The molecule has 33 heavy (non-hydrogen) atoms. The van der Waals surface area contributed by atoms with E-state index in [0.29, 0.717) is 12.1 Å². The lowest BCUT2D eigenvalue weighted by molar-refractivity contribution is -0.153. The summed E-state index contributed by atoms with van der Waals surface area (Å²) < 4.78 is 20.1. The average molecular weight is 474 g/mol. The highest BCUT2D eigenvalue weighted by atomic mass is 35.5. The number of aryl methyl sites for hydroxylation is 2. The van der Waals surface area contributed by atoms with Gasteiger partial charge in [0.15, 0.2) is 6.10 Å². The molecule has 2 aromatic carbocycles. The first-order chi connectivity index (χ1) is 15.8. The largest absolute Gasteiger partial charge is 0.453 e. The normalized spacial score (nSPS) is 11.9. The molecule has 1 aromatic heterocycles. The zero-order chi connectivity index (χ0) is 24.0. The van der Waals surface area contributed by atoms with Crippen molar-refractivity contribution in [2.75, 3.05) is 5.32 Å². The summed E-state index contributed by atoms with van der Waals surface area (Å²) in [5.41, 5.74) is 1.77. The van der Waals surface area contributed by atoms with Gasteiger partial charge >= 0.3 is 5.97 Å². The fourth-order valence-corrected chi connectivity index (χ4v) is 3.47. The van der Waals surface area contributed by atoms with Crippen LogP contribution >= 0.6 is 11.6 Å². The molecule has 1 unspecified atom stereocenters. The number of amides is 1. The lowest BCUT2D eigenvalue weighted by Crippen LogP contribution is -2.30. The van der Waals surface area contributed by atoms with Crippen molar-refractivity contribution in [3.8, 4) is 0 Å². The van der Waals surface area contributed by atoms with Crippen molar-refractivity contribution < 1.29 is 18.7 Å². The quantitative estimate of drug-likeness (QED) is 0.462. The molecule has 1 amide bonds. The van der Waals surface area contributed by atoms with Gasteiger partial charge < -0.3 is 14.6 Å². The van der Waals surface area contributed by atoms with E-state index in [0.717, 1.165) is 24.4 Å². The number of ether oxygens (including phenoxy) is 1. The van der Waals surface area contributed by atoms with Gasteiger partial charge in [0.1, 0.15) is 11.5 Å². The first-order valence-corrected chi connectivity index (χ1v) is 11.1. The summed E-state index contributed by atoms with van der Waals surface area (Å²) in [5, 5.41) is 2.38. The number of anilines is 1. The molecule has 0 aliphatic heterocycles. The van der Waals surface area contributed by atoms with Crippen molar-refractivity contribution in [2.45, 2.75) is 52.2 Å². The number of aromatic nitrogens is 2.